The predicted molar refractivity (Wildman–Crippen MR) is 104 cm³/mol. The smallest absolute Gasteiger partial charge is 0.193 e. The number of fused-ring (bicyclic) bond motifs is 1. The summed E-state index contributed by atoms with van der Waals surface area (Å²) in [6, 6.07) is 6.08. The summed E-state index contributed by atoms with van der Waals surface area (Å²) in [5, 5.41) is 3.49. The number of aromatic nitrogens is 2. The van der Waals surface area contributed by atoms with Gasteiger partial charge in [0.2, 0.25) is 0 Å². The van der Waals surface area contributed by atoms with Crippen LogP contribution in [0.15, 0.2) is 35.6 Å². The van der Waals surface area contributed by atoms with Gasteiger partial charge in [-0.05, 0) is 36.8 Å². The average molecular weight is 342 g/mol. The monoisotopic (exact) mass is 341 g/mol. The number of pyridine rings is 1. The van der Waals surface area contributed by atoms with E-state index in [0.29, 0.717) is 0 Å². The van der Waals surface area contributed by atoms with Crippen molar-refractivity contribution in [3.05, 3.63) is 36.3 Å². The number of guanidine groups is 1. The van der Waals surface area contributed by atoms with Crippen molar-refractivity contribution < 1.29 is 0 Å². The van der Waals surface area contributed by atoms with Gasteiger partial charge in [0.05, 0.1) is 5.69 Å². The molecule has 1 fully saturated rings. The molecule has 1 aliphatic rings. The van der Waals surface area contributed by atoms with Crippen LogP contribution >= 0.6 is 0 Å². The molecule has 0 aromatic carbocycles. The molecular weight excluding hydrogens is 310 g/mol. The molecule has 0 aliphatic heterocycles. The minimum Gasteiger partial charge on any atom is -0.356 e. The second-order valence-corrected chi connectivity index (χ2v) is 7.43. The van der Waals surface area contributed by atoms with Crippen molar-refractivity contribution in [2.24, 2.45) is 16.8 Å². The highest BCUT2D eigenvalue weighted by Gasteiger charge is 2.20. The van der Waals surface area contributed by atoms with Gasteiger partial charge in [-0.2, -0.15) is 0 Å². The van der Waals surface area contributed by atoms with E-state index in [4.69, 9.17) is 0 Å². The van der Waals surface area contributed by atoms with Crippen LogP contribution in [-0.2, 0) is 6.42 Å². The van der Waals surface area contributed by atoms with Gasteiger partial charge in [-0.15, -0.1) is 0 Å². The van der Waals surface area contributed by atoms with Crippen LogP contribution in [-0.4, -0.2) is 47.4 Å². The normalized spacial score (nSPS) is 21.5. The zero-order valence-electron chi connectivity index (χ0n) is 15.8. The lowest BCUT2D eigenvalue weighted by Gasteiger charge is -2.31. The number of aliphatic imine (C=N–C) groups is 1. The second-order valence-electron chi connectivity index (χ2n) is 7.43. The SMILES string of the molecule is CN=C(NCCc1cn2ccccc2n1)N(C)CC1CCC(C)CC1. The van der Waals surface area contributed by atoms with Gasteiger partial charge < -0.3 is 14.6 Å². The van der Waals surface area contributed by atoms with Crippen LogP contribution in [0.2, 0.25) is 0 Å². The summed E-state index contributed by atoms with van der Waals surface area (Å²) in [5.41, 5.74) is 2.11. The zero-order chi connectivity index (χ0) is 17.6. The van der Waals surface area contributed by atoms with Gasteiger partial charge in [-0.25, -0.2) is 4.98 Å². The number of hydrogen-bond acceptors (Lipinski definition) is 2. The highest BCUT2D eigenvalue weighted by atomic mass is 15.3. The van der Waals surface area contributed by atoms with Crippen LogP contribution in [0.1, 0.15) is 38.3 Å². The Kier molecular flexibility index (Phi) is 5.95. The first kappa shape index (κ1) is 17.8. The Bertz CT molecular complexity index is 664. The third-order valence-electron chi connectivity index (χ3n) is 5.32. The van der Waals surface area contributed by atoms with Crippen LogP contribution in [0.5, 0.6) is 0 Å². The quantitative estimate of drug-likeness (QED) is 0.671. The van der Waals surface area contributed by atoms with Crippen LogP contribution in [0, 0.1) is 11.8 Å². The van der Waals surface area contributed by atoms with Crippen molar-refractivity contribution in [1.29, 1.82) is 0 Å². The number of imidazole rings is 1. The Morgan fingerprint density at radius 1 is 1.32 bits per heavy atom. The van der Waals surface area contributed by atoms with E-state index in [1.165, 1.54) is 25.7 Å². The lowest BCUT2D eigenvalue weighted by molar-refractivity contribution is 0.250. The summed E-state index contributed by atoms with van der Waals surface area (Å²) in [5.74, 6) is 2.70. The molecule has 5 heteroatoms. The van der Waals surface area contributed by atoms with E-state index in [2.05, 4.69) is 44.8 Å². The maximum atomic E-state index is 4.65. The van der Waals surface area contributed by atoms with E-state index in [-0.39, 0.29) is 0 Å². The molecule has 1 saturated carbocycles. The maximum absolute atomic E-state index is 4.65. The molecule has 0 saturated heterocycles. The van der Waals surface area contributed by atoms with Crippen LogP contribution in [0.25, 0.3) is 5.65 Å². The third-order valence-corrected chi connectivity index (χ3v) is 5.32. The van der Waals surface area contributed by atoms with Crippen LogP contribution in [0.4, 0.5) is 0 Å². The molecule has 2 heterocycles. The van der Waals surface area contributed by atoms with E-state index in [0.717, 1.165) is 48.6 Å². The molecule has 1 N–H and O–H groups in total. The third kappa shape index (κ3) is 4.74. The molecule has 5 nitrogen and oxygen atoms in total. The Hall–Kier alpha value is -2.04. The zero-order valence-corrected chi connectivity index (χ0v) is 15.8. The second kappa shape index (κ2) is 8.37. The summed E-state index contributed by atoms with van der Waals surface area (Å²) < 4.78 is 2.07. The van der Waals surface area contributed by atoms with Gasteiger partial charge in [0.15, 0.2) is 5.96 Å². The lowest BCUT2D eigenvalue weighted by atomic mass is 9.83. The minimum absolute atomic E-state index is 0.804. The molecule has 0 bridgehead atoms. The average Bonchev–Trinajstić information content (AvgIpc) is 3.03. The largest absolute Gasteiger partial charge is 0.356 e. The van der Waals surface area contributed by atoms with Crippen molar-refractivity contribution in [2.45, 2.75) is 39.0 Å². The van der Waals surface area contributed by atoms with Crippen LogP contribution < -0.4 is 5.32 Å². The first-order valence-corrected chi connectivity index (χ1v) is 9.50. The van der Waals surface area contributed by atoms with E-state index >= 15 is 0 Å². The molecule has 0 spiro atoms. The Labute approximate surface area is 151 Å². The van der Waals surface area contributed by atoms with Crippen molar-refractivity contribution in [3.63, 3.8) is 0 Å². The fourth-order valence-electron chi connectivity index (χ4n) is 3.78. The van der Waals surface area contributed by atoms with E-state index < -0.39 is 0 Å². The summed E-state index contributed by atoms with van der Waals surface area (Å²) in [4.78, 5) is 11.4. The first-order chi connectivity index (χ1) is 12.2. The number of nitrogens with zero attached hydrogens (tertiary/aromatic N) is 4. The Balaban J connectivity index is 1.46. The van der Waals surface area contributed by atoms with Crippen molar-refractivity contribution in [3.8, 4) is 0 Å². The van der Waals surface area contributed by atoms with E-state index in [1.54, 1.807) is 0 Å². The fourth-order valence-corrected chi connectivity index (χ4v) is 3.78. The molecule has 25 heavy (non-hydrogen) atoms. The minimum atomic E-state index is 0.804. The van der Waals surface area contributed by atoms with Crippen molar-refractivity contribution in [2.75, 3.05) is 27.2 Å². The summed E-state index contributed by atoms with van der Waals surface area (Å²) in [6.45, 7) is 4.32. The van der Waals surface area contributed by atoms with Gasteiger partial charge >= 0.3 is 0 Å². The van der Waals surface area contributed by atoms with Gasteiger partial charge in [0, 0.05) is 46.0 Å². The van der Waals surface area contributed by atoms with Gasteiger partial charge in [-0.3, -0.25) is 4.99 Å². The maximum Gasteiger partial charge on any atom is 0.193 e. The summed E-state index contributed by atoms with van der Waals surface area (Å²) in [6.07, 6.45) is 10.5. The molecular formula is C20H31N5. The molecule has 0 atom stereocenters. The topological polar surface area (TPSA) is 44.9 Å². The number of hydrogen-bond donors (Lipinski definition) is 1. The van der Waals surface area contributed by atoms with Crippen LogP contribution in [0.3, 0.4) is 0 Å². The molecule has 0 radical (unpaired) electrons. The predicted octanol–water partition coefficient (Wildman–Crippen LogP) is 3.21. The van der Waals surface area contributed by atoms with Gasteiger partial charge in [0.25, 0.3) is 0 Å². The molecule has 136 valence electrons. The Morgan fingerprint density at radius 2 is 2.12 bits per heavy atom. The molecule has 0 unspecified atom stereocenters. The fraction of sp³-hybridized carbons (Fsp3) is 0.600. The lowest BCUT2D eigenvalue weighted by Crippen LogP contribution is -2.42. The standard InChI is InChI=1S/C20H31N5/c1-16-7-9-17(10-8-16)14-24(3)20(21-2)22-12-11-18-15-25-13-5-4-6-19(25)23-18/h4-6,13,15-17H,7-12,14H2,1-3H3,(H,21,22). The first-order valence-electron chi connectivity index (χ1n) is 9.50. The molecule has 3 rings (SSSR count). The number of nitrogens with one attached hydrogen (secondary N) is 1. The summed E-state index contributed by atoms with van der Waals surface area (Å²) >= 11 is 0. The molecule has 0 amide bonds. The van der Waals surface area contributed by atoms with Crippen molar-refractivity contribution >= 4 is 11.6 Å². The summed E-state index contributed by atoms with van der Waals surface area (Å²) in [7, 11) is 4.02. The highest BCUT2D eigenvalue weighted by molar-refractivity contribution is 5.79. The van der Waals surface area contributed by atoms with E-state index in [1.807, 2.05) is 31.4 Å². The molecule has 1 aliphatic carbocycles. The molecule has 2 aromatic rings. The molecule has 2 aromatic heterocycles. The van der Waals surface area contributed by atoms with Gasteiger partial charge in [0.1, 0.15) is 5.65 Å². The highest BCUT2D eigenvalue weighted by Crippen LogP contribution is 2.28. The van der Waals surface area contributed by atoms with Gasteiger partial charge in [-0.1, -0.05) is 25.8 Å². The number of rotatable bonds is 5. The Morgan fingerprint density at radius 3 is 2.84 bits per heavy atom. The van der Waals surface area contributed by atoms with E-state index in [9.17, 15) is 0 Å². The van der Waals surface area contributed by atoms with Crippen molar-refractivity contribution in [1.82, 2.24) is 19.6 Å².